The summed E-state index contributed by atoms with van der Waals surface area (Å²) in [6, 6.07) is 1.68. The third-order valence-electron chi connectivity index (χ3n) is 4.01. The molecule has 0 saturated carbocycles. The van der Waals surface area contributed by atoms with E-state index in [2.05, 4.69) is 17.3 Å². The van der Waals surface area contributed by atoms with E-state index in [9.17, 15) is 13.6 Å². The number of rotatable bonds is 4. The van der Waals surface area contributed by atoms with Gasteiger partial charge in [-0.1, -0.05) is 0 Å². The van der Waals surface area contributed by atoms with Crippen LogP contribution in [0.25, 0.3) is 0 Å². The Hall–Kier alpha value is -1.69. The number of hydrogen-bond donors (Lipinski definition) is 2. The molecule has 1 aromatic rings. The van der Waals surface area contributed by atoms with Crippen LogP contribution in [0.2, 0.25) is 0 Å². The van der Waals surface area contributed by atoms with E-state index in [-0.39, 0.29) is 11.3 Å². The van der Waals surface area contributed by atoms with Crippen LogP contribution in [-0.4, -0.2) is 37.5 Å². The summed E-state index contributed by atoms with van der Waals surface area (Å²) in [6.07, 6.45) is 3.10. The molecular weight excluding hydrogens is 276 g/mol. The normalized spacial score (nSPS) is 16.9. The fourth-order valence-corrected chi connectivity index (χ4v) is 2.58. The number of piperidine rings is 1. The number of benzene rings is 1. The van der Waals surface area contributed by atoms with Gasteiger partial charge in [0.05, 0.1) is 11.3 Å². The summed E-state index contributed by atoms with van der Waals surface area (Å²) in [6.45, 7) is 2.63. The zero-order valence-corrected chi connectivity index (χ0v) is 12.2. The minimum absolute atomic E-state index is 0.211. The van der Waals surface area contributed by atoms with Crippen LogP contribution in [0.1, 0.15) is 29.6 Å². The molecule has 1 fully saturated rings. The van der Waals surface area contributed by atoms with E-state index in [0.29, 0.717) is 18.5 Å². The second-order valence-corrected chi connectivity index (χ2v) is 5.64. The molecule has 0 bridgehead atoms. The molecular formula is C15H21F2N3O. The van der Waals surface area contributed by atoms with E-state index in [1.165, 1.54) is 0 Å². The average molecular weight is 297 g/mol. The smallest absolute Gasteiger partial charge is 0.254 e. The van der Waals surface area contributed by atoms with Gasteiger partial charge in [-0.3, -0.25) is 4.79 Å². The second kappa shape index (κ2) is 6.85. The Bertz CT molecular complexity index is 514. The average Bonchev–Trinajstić information content (AvgIpc) is 2.45. The van der Waals surface area contributed by atoms with Crippen molar-refractivity contribution in [1.82, 2.24) is 10.2 Å². The highest BCUT2D eigenvalue weighted by Crippen LogP contribution is 2.19. The largest absolute Gasteiger partial charge is 0.396 e. The number of nitrogens with zero attached hydrogens (tertiary/aromatic N) is 1. The number of nitrogens with one attached hydrogen (secondary N) is 1. The number of likely N-dealkylation sites (tertiary alicyclic amines) is 1. The lowest BCUT2D eigenvalue weighted by Gasteiger charge is -2.28. The molecule has 0 aliphatic carbocycles. The first-order valence-corrected chi connectivity index (χ1v) is 7.18. The van der Waals surface area contributed by atoms with Crippen LogP contribution in [-0.2, 0) is 0 Å². The zero-order chi connectivity index (χ0) is 15.4. The van der Waals surface area contributed by atoms with Gasteiger partial charge in [0.25, 0.3) is 5.91 Å². The van der Waals surface area contributed by atoms with Crippen molar-refractivity contribution in [3.05, 3.63) is 29.3 Å². The maximum Gasteiger partial charge on any atom is 0.254 e. The maximum absolute atomic E-state index is 13.5. The van der Waals surface area contributed by atoms with Crippen LogP contribution in [0.3, 0.4) is 0 Å². The Morgan fingerprint density at radius 3 is 2.67 bits per heavy atom. The molecule has 0 atom stereocenters. The van der Waals surface area contributed by atoms with Gasteiger partial charge in [0.2, 0.25) is 0 Å². The number of amides is 1. The van der Waals surface area contributed by atoms with E-state index in [1.54, 1.807) is 0 Å². The predicted octanol–water partition coefficient (Wildman–Crippen LogP) is 2.01. The Kier molecular flexibility index (Phi) is 5.12. The lowest BCUT2D eigenvalue weighted by molar-refractivity contribution is 0.0945. The van der Waals surface area contributed by atoms with Gasteiger partial charge in [-0.25, -0.2) is 8.78 Å². The van der Waals surface area contributed by atoms with E-state index in [4.69, 9.17) is 5.73 Å². The summed E-state index contributed by atoms with van der Waals surface area (Å²) >= 11 is 0. The lowest BCUT2D eigenvalue weighted by Crippen LogP contribution is -2.33. The van der Waals surface area contributed by atoms with Crippen molar-refractivity contribution >= 4 is 11.6 Å². The summed E-state index contributed by atoms with van der Waals surface area (Å²) in [5.41, 5.74) is 4.92. The van der Waals surface area contributed by atoms with Crippen molar-refractivity contribution in [3.8, 4) is 0 Å². The first-order valence-electron chi connectivity index (χ1n) is 7.18. The number of halogens is 2. The van der Waals surface area contributed by atoms with E-state index in [1.807, 2.05) is 0 Å². The molecule has 3 N–H and O–H groups in total. The Labute approximate surface area is 123 Å². The van der Waals surface area contributed by atoms with E-state index >= 15 is 0 Å². The highest BCUT2D eigenvalue weighted by atomic mass is 19.1. The number of hydrogen-bond acceptors (Lipinski definition) is 3. The predicted molar refractivity (Wildman–Crippen MR) is 77.9 cm³/mol. The van der Waals surface area contributed by atoms with Gasteiger partial charge in [-0.2, -0.15) is 0 Å². The van der Waals surface area contributed by atoms with Crippen molar-refractivity contribution in [2.75, 3.05) is 32.4 Å². The first-order chi connectivity index (χ1) is 9.97. The van der Waals surface area contributed by atoms with Crippen LogP contribution in [0.4, 0.5) is 14.5 Å². The summed E-state index contributed by atoms with van der Waals surface area (Å²) in [7, 11) is 2.10. The van der Waals surface area contributed by atoms with Gasteiger partial charge in [-0.05, 0) is 51.4 Å². The molecule has 1 aliphatic heterocycles. The van der Waals surface area contributed by atoms with Crippen molar-refractivity contribution in [1.29, 1.82) is 0 Å². The molecule has 0 radical (unpaired) electrons. The minimum atomic E-state index is -0.890. The Morgan fingerprint density at radius 2 is 2.00 bits per heavy atom. The molecule has 1 aromatic carbocycles. The van der Waals surface area contributed by atoms with Gasteiger partial charge in [0, 0.05) is 12.6 Å². The number of carbonyl (C=O) groups excluding carboxylic acids is 1. The number of nitrogen functional groups attached to an aromatic ring is 1. The molecule has 1 aliphatic rings. The quantitative estimate of drug-likeness (QED) is 0.836. The first kappa shape index (κ1) is 15.7. The molecule has 4 nitrogen and oxygen atoms in total. The highest BCUT2D eigenvalue weighted by Gasteiger charge is 2.18. The summed E-state index contributed by atoms with van der Waals surface area (Å²) in [5.74, 6) is -1.70. The van der Waals surface area contributed by atoms with Crippen molar-refractivity contribution in [2.45, 2.75) is 19.3 Å². The SMILES string of the molecule is CN1CCC(CCNC(=O)c2cc(N)c(F)cc2F)CC1. The van der Waals surface area contributed by atoms with Crippen LogP contribution < -0.4 is 11.1 Å². The third-order valence-corrected chi connectivity index (χ3v) is 4.01. The molecule has 6 heteroatoms. The van der Waals surface area contributed by atoms with Gasteiger partial charge in [0.1, 0.15) is 11.6 Å². The van der Waals surface area contributed by atoms with Gasteiger partial charge in [-0.15, -0.1) is 0 Å². The standard InChI is InChI=1S/C15H21F2N3O/c1-20-6-3-10(4-7-20)2-5-19-15(21)11-8-14(18)13(17)9-12(11)16/h8-10H,2-7,18H2,1H3,(H,19,21). The van der Waals surface area contributed by atoms with Gasteiger partial charge in [0.15, 0.2) is 0 Å². The lowest BCUT2D eigenvalue weighted by atomic mass is 9.94. The van der Waals surface area contributed by atoms with Crippen molar-refractivity contribution < 1.29 is 13.6 Å². The monoisotopic (exact) mass is 297 g/mol. The molecule has 2 rings (SSSR count). The zero-order valence-electron chi connectivity index (χ0n) is 12.2. The van der Waals surface area contributed by atoms with Crippen LogP contribution in [0, 0.1) is 17.6 Å². The topological polar surface area (TPSA) is 58.4 Å². The molecule has 1 heterocycles. The fourth-order valence-electron chi connectivity index (χ4n) is 2.58. The molecule has 1 saturated heterocycles. The van der Waals surface area contributed by atoms with Crippen LogP contribution >= 0.6 is 0 Å². The number of nitrogens with two attached hydrogens (primary N) is 1. The molecule has 0 spiro atoms. The molecule has 0 aromatic heterocycles. The minimum Gasteiger partial charge on any atom is -0.396 e. The maximum atomic E-state index is 13.5. The highest BCUT2D eigenvalue weighted by molar-refractivity contribution is 5.95. The summed E-state index contributed by atoms with van der Waals surface area (Å²) < 4.78 is 26.6. The number of anilines is 1. The fraction of sp³-hybridized carbons (Fsp3) is 0.533. The Morgan fingerprint density at radius 1 is 1.33 bits per heavy atom. The summed E-state index contributed by atoms with van der Waals surface area (Å²) in [4.78, 5) is 14.2. The molecule has 116 valence electrons. The van der Waals surface area contributed by atoms with Crippen LogP contribution in [0.15, 0.2) is 12.1 Å². The molecule has 21 heavy (non-hydrogen) atoms. The number of carbonyl (C=O) groups is 1. The van der Waals surface area contributed by atoms with E-state index in [0.717, 1.165) is 38.4 Å². The van der Waals surface area contributed by atoms with E-state index < -0.39 is 17.5 Å². The van der Waals surface area contributed by atoms with Crippen molar-refractivity contribution in [3.63, 3.8) is 0 Å². The molecule has 0 unspecified atom stereocenters. The molecule has 1 amide bonds. The van der Waals surface area contributed by atoms with Crippen molar-refractivity contribution in [2.24, 2.45) is 5.92 Å². The van der Waals surface area contributed by atoms with Gasteiger partial charge >= 0.3 is 0 Å². The van der Waals surface area contributed by atoms with Crippen LogP contribution in [0.5, 0.6) is 0 Å². The van der Waals surface area contributed by atoms with Gasteiger partial charge < -0.3 is 16.0 Å². The Balaban J connectivity index is 1.83. The summed E-state index contributed by atoms with van der Waals surface area (Å²) in [5, 5.41) is 2.67. The second-order valence-electron chi connectivity index (χ2n) is 5.64. The third kappa shape index (κ3) is 4.14.